The van der Waals surface area contributed by atoms with Gasteiger partial charge in [0.2, 0.25) is 0 Å². The molecule has 108 valence electrons. The van der Waals surface area contributed by atoms with Gasteiger partial charge < -0.3 is 14.6 Å². The lowest BCUT2D eigenvalue weighted by Gasteiger charge is -2.11. The van der Waals surface area contributed by atoms with Crippen molar-refractivity contribution in [2.45, 2.75) is 19.4 Å². The molecule has 0 spiro atoms. The highest BCUT2D eigenvalue weighted by atomic mass is 16.5. The molecule has 0 bridgehead atoms. The monoisotopic (exact) mass is 276 g/mol. The van der Waals surface area contributed by atoms with E-state index in [9.17, 15) is 9.90 Å². The summed E-state index contributed by atoms with van der Waals surface area (Å²) >= 11 is 0. The zero-order valence-corrected chi connectivity index (χ0v) is 12.2. The summed E-state index contributed by atoms with van der Waals surface area (Å²) in [6, 6.07) is 5.50. The number of aliphatic hydroxyl groups is 1. The zero-order chi connectivity index (χ0) is 15.2. The zero-order valence-electron chi connectivity index (χ0n) is 12.2. The highest BCUT2D eigenvalue weighted by Gasteiger charge is 2.07. The molecule has 1 N–H and O–H groups in total. The number of esters is 1. The van der Waals surface area contributed by atoms with Crippen LogP contribution in [-0.4, -0.2) is 30.9 Å². The van der Waals surface area contributed by atoms with Gasteiger partial charge >= 0.3 is 5.97 Å². The Bertz CT molecular complexity index is 522. The van der Waals surface area contributed by atoms with Crippen LogP contribution in [0.1, 0.15) is 25.0 Å². The van der Waals surface area contributed by atoms with Crippen LogP contribution in [0.15, 0.2) is 30.4 Å². The van der Waals surface area contributed by atoms with E-state index in [1.54, 1.807) is 45.3 Å². The third-order valence-electron chi connectivity index (χ3n) is 2.54. The summed E-state index contributed by atoms with van der Waals surface area (Å²) in [4.78, 5) is 11.1. The van der Waals surface area contributed by atoms with Crippen LogP contribution in [0.25, 0.3) is 12.2 Å². The first kappa shape index (κ1) is 16.0. The number of carbonyl (C=O) groups is 1. The molecular formula is C16H20O4. The third-order valence-corrected chi connectivity index (χ3v) is 2.54. The molecule has 20 heavy (non-hydrogen) atoms. The summed E-state index contributed by atoms with van der Waals surface area (Å²) in [6.07, 6.45) is 6.48. The maximum Gasteiger partial charge on any atom is 0.330 e. The SMILES string of the molecule is COC(=O)C=Cc1ccc(OC)c(C=CC(C)(C)O)c1. The van der Waals surface area contributed by atoms with Gasteiger partial charge in [0.05, 0.1) is 19.8 Å². The van der Waals surface area contributed by atoms with Gasteiger partial charge in [-0.3, -0.25) is 0 Å². The first-order valence-electron chi connectivity index (χ1n) is 6.21. The number of benzene rings is 1. The molecule has 0 heterocycles. The Hall–Kier alpha value is -2.07. The highest BCUT2D eigenvalue weighted by Crippen LogP contribution is 2.23. The average Bonchev–Trinajstić information content (AvgIpc) is 2.41. The van der Waals surface area contributed by atoms with E-state index in [2.05, 4.69) is 4.74 Å². The van der Waals surface area contributed by atoms with Gasteiger partial charge in [0.1, 0.15) is 5.75 Å². The van der Waals surface area contributed by atoms with Crippen LogP contribution >= 0.6 is 0 Å². The molecule has 0 aliphatic carbocycles. The van der Waals surface area contributed by atoms with Gasteiger partial charge in [0.25, 0.3) is 0 Å². The molecule has 0 aliphatic heterocycles. The summed E-state index contributed by atoms with van der Waals surface area (Å²) in [5.41, 5.74) is 0.760. The quantitative estimate of drug-likeness (QED) is 0.663. The van der Waals surface area contributed by atoms with Crippen LogP contribution < -0.4 is 4.74 Å². The van der Waals surface area contributed by atoms with E-state index >= 15 is 0 Å². The summed E-state index contributed by atoms with van der Waals surface area (Å²) in [5.74, 6) is 0.287. The fraction of sp³-hybridized carbons (Fsp3) is 0.312. The van der Waals surface area contributed by atoms with Gasteiger partial charge in [-0.05, 0) is 37.6 Å². The molecule has 0 saturated heterocycles. The number of hydrogen-bond acceptors (Lipinski definition) is 4. The third kappa shape index (κ3) is 5.28. The Morgan fingerprint density at radius 3 is 2.50 bits per heavy atom. The molecule has 4 nitrogen and oxygen atoms in total. The molecule has 0 radical (unpaired) electrons. The molecule has 0 aromatic heterocycles. The van der Waals surface area contributed by atoms with Crippen molar-refractivity contribution in [3.63, 3.8) is 0 Å². The van der Waals surface area contributed by atoms with Crippen LogP contribution in [0, 0.1) is 0 Å². The van der Waals surface area contributed by atoms with E-state index in [-0.39, 0.29) is 0 Å². The van der Waals surface area contributed by atoms with Crippen LogP contribution in [-0.2, 0) is 9.53 Å². The normalized spacial score (nSPS) is 12.1. The fourth-order valence-corrected chi connectivity index (χ4v) is 1.51. The number of hydrogen-bond donors (Lipinski definition) is 1. The number of rotatable bonds is 5. The van der Waals surface area contributed by atoms with E-state index in [4.69, 9.17) is 4.74 Å². The summed E-state index contributed by atoms with van der Waals surface area (Å²) in [6.45, 7) is 3.38. The Balaban J connectivity index is 3.06. The van der Waals surface area contributed by atoms with Gasteiger partial charge in [0.15, 0.2) is 0 Å². The molecule has 1 rings (SSSR count). The molecule has 0 amide bonds. The number of methoxy groups -OCH3 is 2. The van der Waals surface area contributed by atoms with Gasteiger partial charge in [-0.25, -0.2) is 4.79 Å². The van der Waals surface area contributed by atoms with Crippen LogP contribution in [0.2, 0.25) is 0 Å². The second-order valence-electron chi connectivity index (χ2n) is 4.84. The maximum absolute atomic E-state index is 11.1. The van der Waals surface area contributed by atoms with E-state index in [0.29, 0.717) is 5.75 Å². The largest absolute Gasteiger partial charge is 0.496 e. The molecule has 1 aromatic carbocycles. The average molecular weight is 276 g/mol. The van der Waals surface area contributed by atoms with Gasteiger partial charge in [-0.1, -0.05) is 18.2 Å². The maximum atomic E-state index is 11.1. The lowest BCUT2D eigenvalue weighted by atomic mass is 10.0. The molecule has 0 saturated carbocycles. The Morgan fingerprint density at radius 2 is 1.95 bits per heavy atom. The standard InChI is InChI=1S/C16H20O4/c1-16(2,18)10-9-13-11-12(5-7-14(13)19-3)6-8-15(17)20-4/h5-11,18H,1-4H3. The minimum atomic E-state index is -0.900. The highest BCUT2D eigenvalue weighted by molar-refractivity contribution is 5.87. The molecule has 0 fully saturated rings. The van der Waals surface area contributed by atoms with Gasteiger partial charge in [-0.15, -0.1) is 0 Å². The van der Waals surface area contributed by atoms with E-state index in [1.165, 1.54) is 13.2 Å². The van der Waals surface area contributed by atoms with E-state index < -0.39 is 11.6 Å². The smallest absolute Gasteiger partial charge is 0.330 e. The van der Waals surface area contributed by atoms with Crippen LogP contribution in [0.3, 0.4) is 0 Å². The Morgan fingerprint density at radius 1 is 1.25 bits per heavy atom. The van der Waals surface area contributed by atoms with Crippen molar-refractivity contribution < 1.29 is 19.4 Å². The van der Waals surface area contributed by atoms with Crippen molar-refractivity contribution in [2.75, 3.05) is 14.2 Å². The second-order valence-corrected chi connectivity index (χ2v) is 4.84. The van der Waals surface area contributed by atoms with Crippen LogP contribution in [0.4, 0.5) is 0 Å². The minimum Gasteiger partial charge on any atom is -0.496 e. The van der Waals surface area contributed by atoms with Crippen molar-refractivity contribution >= 4 is 18.1 Å². The molecular weight excluding hydrogens is 256 g/mol. The summed E-state index contributed by atoms with van der Waals surface area (Å²) in [5, 5.41) is 9.72. The Labute approximate surface area is 119 Å². The Kier molecular flexibility index (Phi) is 5.53. The van der Waals surface area contributed by atoms with Crippen molar-refractivity contribution in [2.24, 2.45) is 0 Å². The molecule has 1 aromatic rings. The van der Waals surface area contributed by atoms with Gasteiger partial charge in [0, 0.05) is 11.6 Å². The lowest BCUT2D eigenvalue weighted by molar-refractivity contribution is -0.134. The number of ether oxygens (including phenoxy) is 2. The first-order chi connectivity index (χ1) is 9.35. The number of carbonyl (C=O) groups excluding carboxylic acids is 1. The van der Waals surface area contributed by atoms with Crippen LogP contribution in [0.5, 0.6) is 5.75 Å². The predicted molar refractivity (Wildman–Crippen MR) is 79.4 cm³/mol. The molecule has 0 aliphatic rings. The summed E-state index contributed by atoms with van der Waals surface area (Å²) in [7, 11) is 2.92. The van der Waals surface area contributed by atoms with Crippen molar-refractivity contribution in [3.05, 3.63) is 41.5 Å². The van der Waals surface area contributed by atoms with Crippen molar-refractivity contribution in [1.82, 2.24) is 0 Å². The topological polar surface area (TPSA) is 55.8 Å². The first-order valence-corrected chi connectivity index (χ1v) is 6.21. The molecule has 0 unspecified atom stereocenters. The molecule has 4 heteroatoms. The van der Waals surface area contributed by atoms with Gasteiger partial charge in [-0.2, -0.15) is 0 Å². The molecule has 0 atom stereocenters. The minimum absolute atomic E-state index is 0.408. The van der Waals surface area contributed by atoms with E-state index in [0.717, 1.165) is 11.1 Å². The lowest BCUT2D eigenvalue weighted by Crippen LogP contribution is -2.13. The van der Waals surface area contributed by atoms with Crippen molar-refractivity contribution in [3.8, 4) is 5.75 Å². The fourth-order valence-electron chi connectivity index (χ4n) is 1.51. The van der Waals surface area contributed by atoms with Crippen molar-refractivity contribution in [1.29, 1.82) is 0 Å². The predicted octanol–water partition coefficient (Wildman–Crippen LogP) is 2.67. The summed E-state index contributed by atoms with van der Waals surface area (Å²) < 4.78 is 9.81. The second kappa shape index (κ2) is 6.91. The van der Waals surface area contributed by atoms with E-state index in [1.807, 2.05) is 12.1 Å².